The summed E-state index contributed by atoms with van der Waals surface area (Å²) < 4.78 is 22.6. The molecule has 1 fully saturated rings. The zero-order valence-electron chi connectivity index (χ0n) is 17.3. The van der Waals surface area contributed by atoms with Gasteiger partial charge in [0.25, 0.3) is 0 Å². The molecule has 160 valence electrons. The summed E-state index contributed by atoms with van der Waals surface area (Å²) in [6.07, 6.45) is 2.87. The summed E-state index contributed by atoms with van der Waals surface area (Å²) >= 11 is 0. The van der Waals surface area contributed by atoms with Crippen molar-refractivity contribution in [2.75, 3.05) is 20.4 Å². The Bertz CT molecular complexity index is 963. The molecule has 0 saturated carbocycles. The summed E-state index contributed by atoms with van der Waals surface area (Å²) in [7, 11) is 1.53. The van der Waals surface area contributed by atoms with Crippen LogP contribution in [0.15, 0.2) is 24.0 Å². The summed E-state index contributed by atoms with van der Waals surface area (Å²) in [6.45, 7) is 3.50. The van der Waals surface area contributed by atoms with Crippen LogP contribution in [0.4, 0.5) is 0 Å². The number of rotatable bonds is 3. The van der Waals surface area contributed by atoms with Crippen LogP contribution in [0.3, 0.4) is 0 Å². The lowest BCUT2D eigenvalue weighted by Gasteiger charge is -2.39. The van der Waals surface area contributed by atoms with Crippen molar-refractivity contribution in [2.45, 2.75) is 56.3 Å². The molecular formula is C22H25NO7. The Balaban J connectivity index is 1.67. The van der Waals surface area contributed by atoms with E-state index in [1.165, 1.54) is 21.0 Å². The monoisotopic (exact) mass is 415 g/mol. The van der Waals surface area contributed by atoms with Crippen molar-refractivity contribution in [3.63, 3.8) is 0 Å². The highest BCUT2D eigenvalue weighted by Gasteiger charge is 2.60. The highest BCUT2D eigenvalue weighted by atomic mass is 16.7. The summed E-state index contributed by atoms with van der Waals surface area (Å²) in [6, 6.07) is 3.89. The number of methoxy groups -OCH3 is 1. The molecule has 1 aromatic carbocycles. The summed E-state index contributed by atoms with van der Waals surface area (Å²) in [5.41, 5.74) is -0.317. The first-order chi connectivity index (χ1) is 14.2. The molecule has 30 heavy (non-hydrogen) atoms. The first-order valence-corrected chi connectivity index (χ1v) is 10.2. The van der Waals surface area contributed by atoms with Crippen molar-refractivity contribution >= 4 is 11.9 Å². The van der Waals surface area contributed by atoms with Crippen molar-refractivity contribution in [3.05, 3.63) is 35.1 Å². The van der Waals surface area contributed by atoms with Crippen LogP contribution < -0.4 is 9.47 Å². The Morgan fingerprint density at radius 1 is 1.27 bits per heavy atom. The highest BCUT2D eigenvalue weighted by molar-refractivity contribution is 5.82. The smallest absolute Gasteiger partial charge is 0.338 e. The average molecular weight is 415 g/mol. The van der Waals surface area contributed by atoms with Crippen molar-refractivity contribution < 1.29 is 33.6 Å². The van der Waals surface area contributed by atoms with Gasteiger partial charge in [-0.3, -0.25) is 4.79 Å². The maximum absolute atomic E-state index is 12.8. The van der Waals surface area contributed by atoms with Gasteiger partial charge < -0.3 is 29.0 Å². The number of benzene rings is 1. The number of carbonyl (C=O) groups is 2. The van der Waals surface area contributed by atoms with Crippen LogP contribution in [0.25, 0.3) is 0 Å². The van der Waals surface area contributed by atoms with Gasteiger partial charge >= 0.3 is 5.97 Å². The maximum Gasteiger partial charge on any atom is 0.338 e. The summed E-state index contributed by atoms with van der Waals surface area (Å²) in [5, 5.41) is 10.2. The number of hydrogen-bond acceptors (Lipinski definition) is 7. The normalized spacial score (nSPS) is 29.0. The summed E-state index contributed by atoms with van der Waals surface area (Å²) in [4.78, 5) is 27.3. The van der Waals surface area contributed by atoms with Crippen molar-refractivity contribution in [3.8, 4) is 11.5 Å². The summed E-state index contributed by atoms with van der Waals surface area (Å²) in [5.74, 6) is 0.781. The maximum atomic E-state index is 12.8. The second-order valence-corrected chi connectivity index (χ2v) is 8.80. The van der Waals surface area contributed by atoms with Crippen LogP contribution in [0, 0.1) is 0 Å². The zero-order valence-corrected chi connectivity index (χ0v) is 17.3. The number of esters is 1. The van der Waals surface area contributed by atoms with Crippen molar-refractivity contribution in [2.24, 2.45) is 0 Å². The number of fused-ring (bicyclic) bond motifs is 3. The molecule has 0 aromatic heterocycles. The molecule has 8 nitrogen and oxygen atoms in total. The van der Waals surface area contributed by atoms with E-state index < -0.39 is 23.2 Å². The topological polar surface area (TPSA) is 94.5 Å². The van der Waals surface area contributed by atoms with Crippen LogP contribution in [-0.2, 0) is 25.5 Å². The van der Waals surface area contributed by atoms with E-state index in [0.717, 1.165) is 11.1 Å². The first-order valence-electron chi connectivity index (χ1n) is 10.2. The van der Waals surface area contributed by atoms with Gasteiger partial charge in [0, 0.05) is 13.0 Å². The van der Waals surface area contributed by atoms with E-state index in [2.05, 4.69) is 0 Å². The van der Waals surface area contributed by atoms with Crippen LogP contribution in [0.5, 0.6) is 11.5 Å². The molecule has 0 bridgehead atoms. The Kier molecular flexibility index (Phi) is 4.09. The molecule has 1 aromatic rings. The fraction of sp³-hybridized carbons (Fsp3) is 0.545. The molecular weight excluding hydrogens is 390 g/mol. The lowest BCUT2D eigenvalue weighted by molar-refractivity contribution is -0.168. The fourth-order valence-electron chi connectivity index (χ4n) is 5.19. The molecule has 1 spiro atoms. The molecule has 1 amide bonds. The van der Waals surface area contributed by atoms with Gasteiger partial charge in [0.1, 0.15) is 5.76 Å². The van der Waals surface area contributed by atoms with E-state index in [0.29, 0.717) is 43.1 Å². The van der Waals surface area contributed by atoms with Gasteiger partial charge in [0.2, 0.25) is 12.7 Å². The lowest BCUT2D eigenvalue weighted by Crippen LogP contribution is -2.49. The number of amides is 1. The third kappa shape index (κ3) is 2.62. The van der Waals surface area contributed by atoms with Crippen LogP contribution in [0.2, 0.25) is 0 Å². The van der Waals surface area contributed by atoms with Gasteiger partial charge in [0.15, 0.2) is 23.2 Å². The SMILES string of the molecule is COC1=C[C@]23CCC(=O)N2CCc2cc4c(cc2[C@@H]3[C@@H]1OC(=O)C(C)(C)O)OCO4. The van der Waals surface area contributed by atoms with E-state index in [-0.39, 0.29) is 18.6 Å². The second kappa shape index (κ2) is 6.38. The van der Waals surface area contributed by atoms with E-state index in [1.807, 2.05) is 23.1 Å². The van der Waals surface area contributed by atoms with Crippen molar-refractivity contribution in [1.82, 2.24) is 4.90 Å². The van der Waals surface area contributed by atoms with Gasteiger partial charge in [-0.25, -0.2) is 4.79 Å². The van der Waals surface area contributed by atoms with Gasteiger partial charge in [-0.1, -0.05) is 0 Å². The van der Waals surface area contributed by atoms with Crippen LogP contribution >= 0.6 is 0 Å². The molecule has 1 N–H and O–H groups in total. The molecule has 3 aliphatic heterocycles. The third-order valence-corrected chi connectivity index (χ3v) is 6.60. The van der Waals surface area contributed by atoms with Gasteiger partial charge in [-0.15, -0.1) is 0 Å². The molecule has 5 rings (SSSR count). The minimum Gasteiger partial charge on any atom is -0.497 e. The van der Waals surface area contributed by atoms with E-state index in [1.54, 1.807) is 0 Å². The second-order valence-electron chi connectivity index (χ2n) is 8.80. The molecule has 1 saturated heterocycles. The molecule has 1 aliphatic carbocycles. The minimum absolute atomic E-state index is 0.0778. The predicted molar refractivity (Wildman–Crippen MR) is 104 cm³/mol. The van der Waals surface area contributed by atoms with Gasteiger partial charge in [0.05, 0.1) is 18.6 Å². The highest BCUT2D eigenvalue weighted by Crippen LogP contribution is 2.55. The van der Waals surface area contributed by atoms with Gasteiger partial charge in [-0.2, -0.15) is 0 Å². The molecule has 4 aliphatic rings. The molecule has 0 unspecified atom stereocenters. The zero-order chi connectivity index (χ0) is 21.3. The molecule has 0 radical (unpaired) electrons. The average Bonchev–Trinajstić information content (AvgIpc) is 3.33. The predicted octanol–water partition coefficient (Wildman–Crippen LogP) is 1.64. The quantitative estimate of drug-likeness (QED) is 0.750. The Morgan fingerprint density at radius 2 is 2.00 bits per heavy atom. The number of ether oxygens (including phenoxy) is 4. The van der Waals surface area contributed by atoms with Crippen LogP contribution in [0.1, 0.15) is 43.7 Å². The molecule has 3 heterocycles. The van der Waals surface area contributed by atoms with E-state index in [9.17, 15) is 14.7 Å². The van der Waals surface area contributed by atoms with Crippen molar-refractivity contribution in [1.29, 1.82) is 0 Å². The lowest BCUT2D eigenvalue weighted by atomic mass is 9.77. The number of carbonyl (C=O) groups excluding carboxylic acids is 2. The van der Waals surface area contributed by atoms with Crippen LogP contribution in [-0.4, -0.2) is 59.6 Å². The molecule has 8 heteroatoms. The number of aliphatic hydroxyl groups is 1. The Hall–Kier alpha value is -2.74. The molecule has 3 atom stereocenters. The third-order valence-electron chi connectivity index (χ3n) is 6.60. The Morgan fingerprint density at radius 3 is 2.70 bits per heavy atom. The fourth-order valence-corrected chi connectivity index (χ4v) is 5.19. The van der Waals surface area contributed by atoms with E-state index in [4.69, 9.17) is 18.9 Å². The Labute approximate surface area is 174 Å². The number of hydrogen-bond donors (Lipinski definition) is 1. The standard InChI is InChI=1S/C22H25NO7/c1-21(2,26)20(25)30-19-16(27-3)10-22-6-4-17(24)23(22)7-5-12-8-14-15(29-11-28-14)9-13(12)18(19)22/h8-10,18-19,26H,4-7,11H2,1-3H3/t18-,19-,22+/m1/s1. The first kappa shape index (κ1) is 19.2. The minimum atomic E-state index is -1.65. The van der Waals surface area contributed by atoms with Gasteiger partial charge in [-0.05, 0) is 56.0 Å². The number of nitrogens with zero attached hydrogens (tertiary/aromatic N) is 1. The largest absolute Gasteiger partial charge is 0.497 e. The van der Waals surface area contributed by atoms with E-state index >= 15 is 0 Å².